The van der Waals surface area contributed by atoms with Gasteiger partial charge in [0.15, 0.2) is 0 Å². The fraction of sp³-hybridized carbons (Fsp3) is 0.455. The average Bonchev–Trinajstić information content (AvgIpc) is 2.26. The highest BCUT2D eigenvalue weighted by Crippen LogP contribution is 2.15. The van der Waals surface area contributed by atoms with Crippen molar-refractivity contribution in [3.05, 3.63) is 29.3 Å². The normalized spacial score (nSPS) is 10.6. The number of benzene rings is 1. The summed E-state index contributed by atoms with van der Waals surface area (Å²) in [5.74, 6) is 0. The van der Waals surface area contributed by atoms with E-state index in [-0.39, 0.29) is 6.61 Å². The van der Waals surface area contributed by atoms with Crippen LogP contribution in [0.25, 0.3) is 0 Å². The van der Waals surface area contributed by atoms with Crippen LogP contribution in [0, 0.1) is 6.92 Å². The summed E-state index contributed by atoms with van der Waals surface area (Å²) in [6, 6.07) is 6.15. The Morgan fingerprint density at radius 2 is 1.84 bits per heavy atom. The molecule has 1 rings (SSSR count). The summed E-state index contributed by atoms with van der Waals surface area (Å²) in [6.45, 7) is 5.19. The number of aliphatic hydroxyl groups is 1. The van der Waals surface area contributed by atoms with Crippen LogP contribution in [0.15, 0.2) is 18.2 Å². The van der Waals surface area contributed by atoms with E-state index in [1.54, 1.807) is 0 Å². The zero-order valence-electron chi connectivity index (χ0n) is 10.9. The van der Waals surface area contributed by atoms with Crippen LogP contribution in [0.2, 0.25) is 0 Å². The first-order valence-corrected chi connectivity index (χ1v) is 7.06. The van der Waals surface area contributed by atoms with Gasteiger partial charge in [0, 0.05) is 13.2 Å². The summed E-state index contributed by atoms with van der Waals surface area (Å²) in [5, 5.41) is 8.79. The second-order valence-corrected chi connectivity index (χ2v) is 4.62. The van der Waals surface area contributed by atoms with Crippen molar-refractivity contribution in [2.75, 3.05) is 18.6 Å². The average molecular weight is 292 g/mol. The number of hydrazine groups is 1. The largest absolute Gasteiger partial charge is 0.396 e. The van der Waals surface area contributed by atoms with E-state index in [9.17, 15) is 0 Å². The number of nitrogens with one attached hydrogen (secondary N) is 2. The molecule has 0 radical (unpaired) electrons. The van der Waals surface area contributed by atoms with Crippen molar-refractivity contribution in [3.8, 4) is 0 Å². The third kappa shape index (κ3) is 10.4. The Kier molecular flexibility index (Phi) is 8.28. The molecule has 0 saturated heterocycles. The van der Waals surface area contributed by atoms with Crippen molar-refractivity contribution in [3.63, 3.8) is 0 Å². The number of rotatable bonds is 5. The van der Waals surface area contributed by atoms with Gasteiger partial charge in [0.2, 0.25) is 0 Å². The van der Waals surface area contributed by atoms with Gasteiger partial charge in [-0.1, -0.05) is 19.1 Å². The van der Waals surface area contributed by atoms with E-state index in [1.807, 2.05) is 19.1 Å². The lowest BCUT2D eigenvalue weighted by Gasteiger charge is -2.10. The molecule has 0 atom stereocenters. The summed E-state index contributed by atoms with van der Waals surface area (Å²) in [6.07, 6.45) is 0.725. The van der Waals surface area contributed by atoms with E-state index in [0.29, 0.717) is 0 Å². The van der Waals surface area contributed by atoms with E-state index >= 15 is 0 Å². The van der Waals surface area contributed by atoms with Gasteiger partial charge in [-0.2, -0.15) is 8.42 Å². The van der Waals surface area contributed by atoms with Crippen LogP contribution in [0.1, 0.15) is 18.1 Å². The summed E-state index contributed by atoms with van der Waals surface area (Å²) in [4.78, 5) is 0. The SMILES string of the molecule is CCNNc1ccc(CCO)cc1C.O=S(=O)(O)O. The predicted octanol–water partition coefficient (Wildman–Crippen LogP) is 0.813. The summed E-state index contributed by atoms with van der Waals surface area (Å²) < 4.78 is 31.6. The van der Waals surface area contributed by atoms with E-state index < -0.39 is 10.4 Å². The molecular weight excluding hydrogens is 272 g/mol. The van der Waals surface area contributed by atoms with Gasteiger partial charge in [-0.15, -0.1) is 0 Å². The first kappa shape index (κ1) is 17.8. The molecule has 0 spiro atoms. The maximum Gasteiger partial charge on any atom is 0.394 e. The molecule has 110 valence electrons. The molecule has 5 N–H and O–H groups in total. The van der Waals surface area contributed by atoms with E-state index in [0.717, 1.165) is 18.7 Å². The quantitative estimate of drug-likeness (QED) is 0.402. The molecule has 0 bridgehead atoms. The van der Waals surface area contributed by atoms with Crippen LogP contribution in [-0.2, 0) is 16.8 Å². The zero-order valence-corrected chi connectivity index (χ0v) is 11.7. The van der Waals surface area contributed by atoms with Gasteiger partial charge in [-0.3, -0.25) is 9.11 Å². The van der Waals surface area contributed by atoms with Crippen molar-refractivity contribution in [1.82, 2.24) is 5.43 Å². The first-order chi connectivity index (χ1) is 8.77. The Hall–Kier alpha value is -1.19. The molecule has 1 aromatic carbocycles. The van der Waals surface area contributed by atoms with Crippen molar-refractivity contribution in [2.24, 2.45) is 0 Å². The van der Waals surface area contributed by atoms with Crippen LogP contribution in [-0.4, -0.2) is 35.8 Å². The molecule has 0 fully saturated rings. The second kappa shape index (κ2) is 8.83. The molecule has 0 aliphatic rings. The molecule has 0 aromatic heterocycles. The van der Waals surface area contributed by atoms with Gasteiger partial charge in [0.25, 0.3) is 0 Å². The van der Waals surface area contributed by atoms with Crippen LogP contribution in [0.3, 0.4) is 0 Å². The molecule has 7 nitrogen and oxygen atoms in total. The van der Waals surface area contributed by atoms with Crippen LogP contribution < -0.4 is 10.9 Å². The smallest absolute Gasteiger partial charge is 0.394 e. The van der Waals surface area contributed by atoms with Crippen LogP contribution in [0.5, 0.6) is 0 Å². The molecule has 0 saturated carbocycles. The molecule has 0 heterocycles. The number of aliphatic hydroxyl groups excluding tert-OH is 1. The number of hydrogen-bond acceptors (Lipinski definition) is 5. The van der Waals surface area contributed by atoms with Gasteiger partial charge in [-0.25, -0.2) is 5.43 Å². The van der Waals surface area contributed by atoms with Gasteiger partial charge >= 0.3 is 10.4 Å². The second-order valence-electron chi connectivity index (χ2n) is 3.73. The predicted molar refractivity (Wildman–Crippen MR) is 73.4 cm³/mol. The third-order valence-electron chi connectivity index (χ3n) is 2.09. The fourth-order valence-corrected chi connectivity index (χ4v) is 1.33. The lowest BCUT2D eigenvalue weighted by molar-refractivity contribution is 0.299. The highest BCUT2D eigenvalue weighted by molar-refractivity contribution is 7.79. The Balaban J connectivity index is 0.000000555. The maximum atomic E-state index is 8.79. The lowest BCUT2D eigenvalue weighted by Crippen LogP contribution is -2.21. The Morgan fingerprint density at radius 1 is 1.26 bits per heavy atom. The van der Waals surface area contributed by atoms with Crippen LogP contribution in [0.4, 0.5) is 5.69 Å². The topological polar surface area (TPSA) is 119 Å². The molecule has 19 heavy (non-hydrogen) atoms. The monoisotopic (exact) mass is 292 g/mol. The number of aryl methyl sites for hydroxylation is 1. The minimum atomic E-state index is -4.67. The van der Waals surface area contributed by atoms with Crippen molar-refractivity contribution in [1.29, 1.82) is 0 Å². The van der Waals surface area contributed by atoms with E-state index in [4.69, 9.17) is 22.6 Å². The molecule has 8 heteroatoms. The third-order valence-corrected chi connectivity index (χ3v) is 2.09. The Bertz CT molecular complexity index is 468. The standard InChI is InChI=1S/C11H18N2O.H2O4S/c1-3-12-13-11-5-4-10(6-7-14)8-9(11)2;1-5(2,3)4/h4-5,8,12-14H,3,6-7H2,1-2H3;(H2,1,2,3,4). The molecular formula is C11H20N2O5S. The molecule has 1 aromatic rings. The minimum absolute atomic E-state index is 0.208. The van der Waals surface area contributed by atoms with Crippen molar-refractivity contribution < 1.29 is 22.6 Å². The Labute approximate surface area is 113 Å². The van der Waals surface area contributed by atoms with Crippen LogP contribution >= 0.6 is 0 Å². The van der Waals surface area contributed by atoms with Gasteiger partial charge in [-0.05, 0) is 30.5 Å². The number of hydrogen-bond donors (Lipinski definition) is 5. The Morgan fingerprint density at radius 3 is 2.26 bits per heavy atom. The molecule has 0 amide bonds. The molecule has 0 aliphatic heterocycles. The molecule has 0 aliphatic carbocycles. The first-order valence-electron chi connectivity index (χ1n) is 5.67. The minimum Gasteiger partial charge on any atom is -0.396 e. The van der Waals surface area contributed by atoms with Gasteiger partial charge in [0.05, 0.1) is 5.69 Å². The van der Waals surface area contributed by atoms with E-state index in [1.165, 1.54) is 11.1 Å². The summed E-state index contributed by atoms with van der Waals surface area (Å²) >= 11 is 0. The fourth-order valence-electron chi connectivity index (χ4n) is 1.33. The van der Waals surface area contributed by atoms with E-state index in [2.05, 4.69) is 23.8 Å². The highest BCUT2D eigenvalue weighted by Gasteiger charge is 1.98. The maximum absolute atomic E-state index is 8.79. The zero-order chi connectivity index (χ0) is 14.9. The van der Waals surface area contributed by atoms with Crippen molar-refractivity contribution >= 4 is 16.1 Å². The van der Waals surface area contributed by atoms with Crippen molar-refractivity contribution in [2.45, 2.75) is 20.3 Å². The van der Waals surface area contributed by atoms with Gasteiger partial charge < -0.3 is 10.5 Å². The highest BCUT2D eigenvalue weighted by atomic mass is 32.3. The number of anilines is 1. The van der Waals surface area contributed by atoms with Gasteiger partial charge in [0.1, 0.15) is 0 Å². The lowest BCUT2D eigenvalue weighted by atomic mass is 10.1. The molecule has 0 unspecified atom stereocenters. The summed E-state index contributed by atoms with van der Waals surface area (Å²) in [5.41, 5.74) is 9.63. The summed E-state index contributed by atoms with van der Waals surface area (Å²) in [7, 11) is -4.67.